The van der Waals surface area contributed by atoms with Crippen molar-refractivity contribution >= 4 is 21.7 Å². The fourth-order valence-corrected chi connectivity index (χ4v) is 2.95. The van der Waals surface area contributed by atoms with E-state index in [0.29, 0.717) is 11.7 Å². The molecule has 0 aliphatic rings. The highest BCUT2D eigenvalue weighted by atomic mass is 32.2. The number of aromatic nitrogens is 3. The molecule has 0 aliphatic carbocycles. The van der Waals surface area contributed by atoms with Crippen LogP contribution in [0.2, 0.25) is 0 Å². The van der Waals surface area contributed by atoms with Crippen molar-refractivity contribution in [1.82, 2.24) is 15.0 Å². The Morgan fingerprint density at radius 1 is 1.23 bits per heavy atom. The Morgan fingerprint density at radius 3 is 2.59 bits per heavy atom. The monoisotopic (exact) mass is 323 g/mol. The van der Waals surface area contributed by atoms with Crippen molar-refractivity contribution in [1.29, 1.82) is 0 Å². The van der Waals surface area contributed by atoms with Gasteiger partial charge in [-0.05, 0) is 18.2 Å². The summed E-state index contributed by atoms with van der Waals surface area (Å²) in [5, 5.41) is 0. The molecule has 0 radical (unpaired) electrons. The second-order valence-corrected chi connectivity index (χ2v) is 6.73. The summed E-state index contributed by atoms with van der Waals surface area (Å²) in [5.41, 5.74) is 5.60. The molecule has 0 amide bonds. The largest absolute Gasteiger partial charge is 0.497 e. The number of nitrogens with zero attached hydrogens (tertiary/aromatic N) is 4. The molecule has 22 heavy (non-hydrogen) atoms. The summed E-state index contributed by atoms with van der Waals surface area (Å²) < 4.78 is 29.9. The third kappa shape index (κ3) is 3.61. The van der Waals surface area contributed by atoms with E-state index in [2.05, 4.69) is 15.0 Å². The number of methoxy groups -OCH3 is 1. The fraction of sp³-hybridized carbons (Fsp3) is 0.308. The van der Waals surface area contributed by atoms with Gasteiger partial charge < -0.3 is 15.4 Å². The normalized spacial score (nSPS) is 11.2. The smallest absolute Gasteiger partial charge is 0.229 e. The quantitative estimate of drug-likeness (QED) is 0.847. The number of ether oxygens (including phenoxy) is 1. The number of nitrogen functional groups attached to an aromatic ring is 1. The standard InChI is InChI=1S/C13H17N5O3S/c1-18(2)13-16-11(15-12(14)17-13)8-22(19,20)10-6-4-5-9(7-10)21-3/h4-7H,8H2,1-3H3,(H2,14,15,16,17). The van der Waals surface area contributed by atoms with Gasteiger partial charge in [-0.3, -0.25) is 0 Å². The first-order chi connectivity index (χ1) is 10.3. The van der Waals surface area contributed by atoms with E-state index in [1.807, 2.05) is 0 Å². The number of benzene rings is 1. The molecule has 0 saturated heterocycles. The molecule has 2 N–H and O–H groups in total. The van der Waals surface area contributed by atoms with E-state index < -0.39 is 9.84 Å². The van der Waals surface area contributed by atoms with Crippen LogP contribution in [0.5, 0.6) is 5.75 Å². The van der Waals surface area contributed by atoms with Crippen LogP contribution in [-0.2, 0) is 15.6 Å². The average molecular weight is 323 g/mol. The van der Waals surface area contributed by atoms with Crippen LogP contribution in [0, 0.1) is 0 Å². The highest BCUT2D eigenvalue weighted by Gasteiger charge is 2.19. The van der Waals surface area contributed by atoms with Gasteiger partial charge in [0.25, 0.3) is 0 Å². The Morgan fingerprint density at radius 2 is 1.95 bits per heavy atom. The zero-order chi connectivity index (χ0) is 16.3. The summed E-state index contributed by atoms with van der Waals surface area (Å²) in [6.45, 7) is 0. The maximum absolute atomic E-state index is 12.5. The van der Waals surface area contributed by atoms with Crippen molar-refractivity contribution in [2.45, 2.75) is 10.6 Å². The number of anilines is 2. The molecular weight excluding hydrogens is 306 g/mol. The minimum Gasteiger partial charge on any atom is -0.497 e. The molecule has 0 atom stereocenters. The summed E-state index contributed by atoms with van der Waals surface area (Å²) in [7, 11) is 1.32. The predicted octanol–water partition coefficient (Wildman–Crippen LogP) is 0.502. The summed E-state index contributed by atoms with van der Waals surface area (Å²) in [4.78, 5) is 13.7. The van der Waals surface area contributed by atoms with Gasteiger partial charge in [0.15, 0.2) is 15.7 Å². The fourth-order valence-electron chi connectivity index (χ4n) is 1.74. The van der Waals surface area contributed by atoms with Gasteiger partial charge in [0.05, 0.1) is 12.0 Å². The summed E-state index contributed by atoms with van der Waals surface area (Å²) in [6.07, 6.45) is 0. The molecule has 0 saturated carbocycles. The minimum atomic E-state index is -3.61. The molecule has 0 spiro atoms. The molecule has 8 nitrogen and oxygen atoms in total. The van der Waals surface area contributed by atoms with Crippen LogP contribution in [0.1, 0.15) is 5.82 Å². The maximum Gasteiger partial charge on any atom is 0.229 e. The van der Waals surface area contributed by atoms with Crippen LogP contribution < -0.4 is 15.4 Å². The van der Waals surface area contributed by atoms with Gasteiger partial charge in [0, 0.05) is 14.1 Å². The molecule has 0 bridgehead atoms. The van der Waals surface area contributed by atoms with Crippen LogP contribution in [0.3, 0.4) is 0 Å². The van der Waals surface area contributed by atoms with Crippen LogP contribution in [0.15, 0.2) is 29.2 Å². The Hall–Kier alpha value is -2.42. The van der Waals surface area contributed by atoms with E-state index in [9.17, 15) is 8.42 Å². The van der Waals surface area contributed by atoms with E-state index in [0.717, 1.165) is 0 Å². The van der Waals surface area contributed by atoms with Gasteiger partial charge in [-0.2, -0.15) is 15.0 Å². The first-order valence-electron chi connectivity index (χ1n) is 6.36. The molecule has 2 rings (SSSR count). The van der Waals surface area contributed by atoms with E-state index >= 15 is 0 Å². The Kier molecular flexibility index (Phi) is 4.45. The minimum absolute atomic E-state index is 0.0189. The molecule has 1 aromatic carbocycles. The number of rotatable bonds is 5. The zero-order valence-corrected chi connectivity index (χ0v) is 13.3. The molecular formula is C13H17N5O3S. The third-order valence-electron chi connectivity index (χ3n) is 2.81. The lowest BCUT2D eigenvalue weighted by Crippen LogP contribution is -2.17. The Bertz CT molecular complexity index is 777. The first kappa shape index (κ1) is 16.0. The SMILES string of the molecule is COc1cccc(S(=O)(=O)Cc2nc(N)nc(N(C)C)n2)c1. The van der Waals surface area contributed by atoms with Crippen LogP contribution in [0.4, 0.5) is 11.9 Å². The predicted molar refractivity (Wildman–Crippen MR) is 82.5 cm³/mol. The highest BCUT2D eigenvalue weighted by molar-refractivity contribution is 7.90. The molecule has 9 heteroatoms. The molecule has 118 valence electrons. The second-order valence-electron chi connectivity index (χ2n) is 4.74. The molecule has 0 fully saturated rings. The van der Waals surface area contributed by atoms with Crippen LogP contribution in [0.25, 0.3) is 0 Å². The maximum atomic E-state index is 12.5. The molecule has 0 aliphatic heterocycles. The van der Waals surface area contributed by atoms with Crippen LogP contribution >= 0.6 is 0 Å². The molecule has 1 aromatic heterocycles. The van der Waals surface area contributed by atoms with Gasteiger partial charge in [-0.25, -0.2) is 8.42 Å². The summed E-state index contributed by atoms with van der Waals surface area (Å²) >= 11 is 0. The lowest BCUT2D eigenvalue weighted by Gasteiger charge is -2.11. The van der Waals surface area contributed by atoms with Crippen molar-refractivity contribution in [2.24, 2.45) is 0 Å². The van der Waals surface area contributed by atoms with Crippen LogP contribution in [-0.4, -0.2) is 44.6 Å². The van der Waals surface area contributed by atoms with Crippen molar-refractivity contribution in [2.75, 3.05) is 31.8 Å². The zero-order valence-electron chi connectivity index (χ0n) is 12.5. The number of hydrogen-bond acceptors (Lipinski definition) is 8. The molecule has 1 heterocycles. The number of hydrogen-bond donors (Lipinski definition) is 1. The van der Waals surface area contributed by atoms with Gasteiger partial charge in [0.2, 0.25) is 11.9 Å². The second kappa shape index (κ2) is 6.14. The van der Waals surface area contributed by atoms with Gasteiger partial charge in [0.1, 0.15) is 11.5 Å². The van der Waals surface area contributed by atoms with Crippen molar-refractivity contribution in [3.05, 3.63) is 30.1 Å². The van der Waals surface area contributed by atoms with Crippen molar-refractivity contribution < 1.29 is 13.2 Å². The highest BCUT2D eigenvalue weighted by Crippen LogP contribution is 2.20. The summed E-state index contributed by atoms with van der Waals surface area (Å²) in [5.74, 6) is 0.482. The lowest BCUT2D eigenvalue weighted by atomic mass is 10.3. The summed E-state index contributed by atoms with van der Waals surface area (Å²) in [6, 6.07) is 6.23. The first-order valence-corrected chi connectivity index (χ1v) is 8.01. The van der Waals surface area contributed by atoms with E-state index in [4.69, 9.17) is 10.5 Å². The third-order valence-corrected chi connectivity index (χ3v) is 4.42. The Labute approximate surface area is 128 Å². The lowest BCUT2D eigenvalue weighted by molar-refractivity contribution is 0.413. The van der Waals surface area contributed by atoms with Gasteiger partial charge in [-0.15, -0.1) is 0 Å². The molecule has 0 unspecified atom stereocenters. The number of sulfone groups is 1. The van der Waals surface area contributed by atoms with Gasteiger partial charge >= 0.3 is 0 Å². The van der Waals surface area contributed by atoms with Gasteiger partial charge in [-0.1, -0.05) is 6.07 Å². The number of nitrogens with two attached hydrogens (primary N) is 1. The topological polar surface area (TPSA) is 111 Å². The Balaban J connectivity index is 2.36. The average Bonchev–Trinajstić information content (AvgIpc) is 2.46. The van der Waals surface area contributed by atoms with Crippen molar-refractivity contribution in [3.63, 3.8) is 0 Å². The van der Waals surface area contributed by atoms with E-state index in [1.54, 1.807) is 31.1 Å². The van der Waals surface area contributed by atoms with E-state index in [-0.39, 0.29) is 22.4 Å². The van der Waals surface area contributed by atoms with Crippen molar-refractivity contribution in [3.8, 4) is 5.75 Å². The van der Waals surface area contributed by atoms with E-state index in [1.165, 1.54) is 19.2 Å². The molecule has 2 aromatic rings.